The molecule has 0 fully saturated rings. The lowest BCUT2D eigenvalue weighted by Gasteiger charge is -2.07. The third-order valence-corrected chi connectivity index (χ3v) is 4.86. The SMILES string of the molecule is O=C(Cc1ccc([N+](=O)[O-])cc1)Nc1ccc(SCc2cccnc2)cc1. The first kappa shape index (κ1) is 18.6. The molecule has 0 saturated heterocycles. The number of nitrogens with zero attached hydrogens (tertiary/aromatic N) is 2. The van der Waals surface area contributed by atoms with Gasteiger partial charge < -0.3 is 5.32 Å². The minimum Gasteiger partial charge on any atom is -0.326 e. The highest BCUT2D eigenvalue weighted by Crippen LogP contribution is 2.24. The molecular weight excluding hydrogens is 362 g/mol. The molecule has 0 saturated carbocycles. The van der Waals surface area contributed by atoms with Crippen LogP contribution in [0.1, 0.15) is 11.1 Å². The number of anilines is 1. The van der Waals surface area contributed by atoms with Crippen molar-refractivity contribution in [3.8, 4) is 0 Å². The molecule has 0 radical (unpaired) electrons. The van der Waals surface area contributed by atoms with E-state index >= 15 is 0 Å². The second-order valence-corrected chi connectivity index (χ2v) is 6.87. The van der Waals surface area contributed by atoms with E-state index < -0.39 is 4.92 Å². The molecule has 1 heterocycles. The number of aromatic nitrogens is 1. The molecule has 27 heavy (non-hydrogen) atoms. The summed E-state index contributed by atoms with van der Waals surface area (Å²) in [6.45, 7) is 0. The van der Waals surface area contributed by atoms with Gasteiger partial charge in [-0.05, 0) is 41.5 Å². The van der Waals surface area contributed by atoms with E-state index in [1.54, 1.807) is 30.1 Å². The molecular formula is C20H17N3O3S. The van der Waals surface area contributed by atoms with E-state index in [1.807, 2.05) is 42.6 Å². The zero-order valence-electron chi connectivity index (χ0n) is 14.4. The molecule has 6 nitrogen and oxygen atoms in total. The van der Waals surface area contributed by atoms with Gasteiger partial charge in [0.25, 0.3) is 5.69 Å². The van der Waals surface area contributed by atoms with Crippen LogP contribution >= 0.6 is 11.8 Å². The van der Waals surface area contributed by atoms with Crippen LogP contribution in [0.4, 0.5) is 11.4 Å². The van der Waals surface area contributed by atoms with Gasteiger partial charge >= 0.3 is 0 Å². The number of pyridine rings is 1. The van der Waals surface area contributed by atoms with Crippen molar-refractivity contribution in [3.05, 3.63) is 94.3 Å². The minimum absolute atomic E-state index is 0.0125. The minimum atomic E-state index is -0.461. The van der Waals surface area contributed by atoms with Crippen molar-refractivity contribution in [2.75, 3.05) is 5.32 Å². The molecule has 0 aliphatic rings. The Balaban J connectivity index is 1.51. The number of benzene rings is 2. The molecule has 2 aromatic carbocycles. The van der Waals surface area contributed by atoms with Crippen molar-refractivity contribution in [2.24, 2.45) is 0 Å². The molecule has 0 spiro atoms. The number of amides is 1. The van der Waals surface area contributed by atoms with Crippen molar-refractivity contribution < 1.29 is 9.72 Å². The summed E-state index contributed by atoms with van der Waals surface area (Å²) >= 11 is 1.70. The number of carbonyl (C=O) groups excluding carboxylic acids is 1. The predicted molar refractivity (Wildman–Crippen MR) is 106 cm³/mol. The van der Waals surface area contributed by atoms with E-state index in [2.05, 4.69) is 10.3 Å². The fourth-order valence-corrected chi connectivity index (χ4v) is 3.24. The van der Waals surface area contributed by atoms with Crippen LogP contribution < -0.4 is 5.32 Å². The molecule has 0 aliphatic carbocycles. The maximum atomic E-state index is 12.1. The first-order valence-corrected chi connectivity index (χ1v) is 9.24. The van der Waals surface area contributed by atoms with Crippen LogP contribution in [0.2, 0.25) is 0 Å². The highest BCUT2D eigenvalue weighted by Gasteiger charge is 2.08. The van der Waals surface area contributed by atoms with Gasteiger partial charge in [0.15, 0.2) is 0 Å². The fraction of sp³-hybridized carbons (Fsp3) is 0.100. The quantitative estimate of drug-likeness (QED) is 0.372. The zero-order valence-corrected chi connectivity index (χ0v) is 15.2. The summed E-state index contributed by atoms with van der Waals surface area (Å²) in [5, 5.41) is 13.5. The van der Waals surface area contributed by atoms with Crippen LogP contribution in [0.25, 0.3) is 0 Å². The Hall–Kier alpha value is -3.19. The molecule has 136 valence electrons. The topological polar surface area (TPSA) is 85.1 Å². The van der Waals surface area contributed by atoms with E-state index in [4.69, 9.17) is 0 Å². The molecule has 3 aromatic rings. The van der Waals surface area contributed by atoms with Gasteiger partial charge in [0.05, 0.1) is 11.3 Å². The Labute approximate surface area is 160 Å². The summed E-state index contributed by atoms with van der Waals surface area (Å²) in [7, 11) is 0. The smallest absolute Gasteiger partial charge is 0.269 e. The molecule has 3 rings (SSSR count). The first-order chi connectivity index (χ1) is 13.1. The Morgan fingerprint density at radius 2 is 1.78 bits per heavy atom. The molecule has 0 aliphatic heterocycles. The summed E-state index contributed by atoms with van der Waals surface area (Å²) in [6.07, 6.45) is 3.76. The number of hydrogen-bond acceptors (Lipinski definition) is 5. The van der Waals surface area contributed by atoms with E-state index in [9.17, 15) is 14.9 Å². The monoisotopic (exact) mass is 379 g/mol. The number of nitro benzene ring substituents is 1. The second-order valence-electron chi connectivity index (χ2n) is 5.82. The third-order valence-electron chi connectivity index (χ3n) is 3.78. The predicted octanol–water partition coefficient (Wildman–Crippen LogP) is 4.46. The van der Waals surface area contributed by atoms with Crippen molar-refractivity contribution in [2.45, 2.75) is 17.1 Å². The lowest BCUT2D eigenvalue weighted by atomic mass is 10.1. The molecule has 0 bridgehead atoms. The number of thioether (sulfide) groups is 1. The maximum absolute atomic E-state index is 12.1. The van der Waals surface area contributed by atoms with Gasteiger partial charge in [-0.3, -0.25) is 19.9 Å². The summed E-state index contributed by atoms with van der Waals surface area (Å²) in [4.78, 5) is 27.5. The van der Waals surface area contributed by atoms with Crippen LogP contribution in [-0.2, 0) is 17.0 Å². The summed E-state index contributed by atoms with van der Waals surface area (Å²) in [5.41, 5.74) is 2.61. The van der Waals surface area contributed by atoms with Gasteiger partial charge in [-0.15, -0.1) is 11.8 Å². The van der Waals surface area contributed by atoms with Crippen LogP contribution in [0.5, 0.6) is 0 Å². The number of carbonyl (C=O) groups is 1. The zero-order chi connectivity index (χ0) is 19.1. The maximum Gasteiger partial charge on any atom is 0.269 e. The van der Waals surface area contributed by atoms with Gasteiger partial charge in [-0.25, -0.2) is 0 Å². The average Bonchev–Trinajstić information content (AvgIpc) is 2.68. The lowest BCUT2D eigenvalue weighted by Crippen LogP contribution is -2.14. The Kier molecular flexibility index (Phi) is 6.17. The van der Waals surface area contributed by atoms with Crippen LogP contribution in [0.15, 0.2) is 78.0 Å². The van der Waals surface area contributed by atoms with Gasteiger partial charge in [0.1, 0.15) is 0 Å². The fourth-order valence-electron chi connectivity index (χ4n) is 2.41. The molecule has 1 amide bonds. The number of rotatable bonds is 7. The van der Waals surface area contributed by atoms with Crippen molar-refractivity contribution in [1.82, 2.24) is 4.98 Å². The summed E-state index contributed by atoms with van der Waals surface area (Å²) in [6, 6.07) is 17.6. The second kappa shape index (κ2) is 8.95. The van der Waals surface area contributed by atoms with Crippen LogP contribution in [0.3, 0.4) is 0 Å². The highest BCUT2D eigenvalue weighted by atomic mass is 32.2. The number of nitrogens with one attached hydrogen (secondary N) is 1. The molecule has 7 heteroatoms. The Bertz CT molecular complexity index is 913. The Morgan fingerprint density at radius 1 is 1.04 bits per heavy atom. The average molecular weight is 379 g/mol. The van der Waals surface area contributed by atoms with Gasteiger partial charge in [0.2, 0.25) is 5.91 Å². The number of hydrogen-bond donors (Lipinski definition) is 1. The van der Waals surface area contributed by atoms with Gasteiger partial charge in [-0.2, -0.15) is 0 Å². The molecule has 1 N–H and O–H groups in total. The molecule has 0 atom stereocenters. The van der Waals surface area contributed by atoms with E-state index in [-0.39, 0.29) is 18.0 Å². The number of non-ortho nitro benzene ring substituents is 1. The third kappa shape index (κ3) is 5.65. The van der Waals surface area contributed by atoms with Gasteiger partial charge in [0, 0.05) is 40.9 Å². The Morgan fingerprint density at radius 3 is 2.41 bits per heavy atom. The van der Waals surface area contributed by atoms with Crippen LogP contribution in [-0.4, -0.2) is 15.8 Å². The molecule has 1 aromatic heterocycles. The summed E-state index contributed by atoms with van der Waals surface area (Å²) < 4.78 is 0. The van der Waals surface area contributed by atoms with E-state index in [1.165, 1.54) is 12.1 Å². The normalized spacial score (nSPS) is 10.4. The number of nitro groups is 1. The van der Waals surface area contributed by atoms with E-state index in [0.29, 0.717) is 5.69 Å². The van der Waals surface area contributed by atoms with Crippen molar-refractivity contribution in [3.63, 3.8) is 0 Å². The summed E-state index contributed by atoms with van der Waals surface area (Å²) in [5.74, 6) is 0.666. The van der Waals surface area contributed by atoms with Gasteiger partial charge in [-0.1, -0.05) is 18.2 Å². The highest BCUT2D eigenvalue weighted by molar-refractivity contribution is 7.98. The van der Waals surface area contributed by atoms with Crippen molar-refractivity contribution >= 4 is 29.0 Å². The molecule has 0 unspecified atom stereocenters. The van der Waals surface area contributed by atoms with E-state index in [0.717, 1.165) is 21.8 Å². The standard InChI is InChI=1S/C20H17N3O3S/c24-20(12-15-3-7-18(8-4-15)23(25)26)22-17-5-9-19(10-6-17)27-14-16-2-1-11-21-13-16/h1-11,13H,12,14H2,(H,22,24). The largest absolute Gasteiger partial charge is 0.326 e. The lowest BCUT2D eigenvalue weighted by molar-refractivity contribution is -0.384. The first-order valence-electron chi connectivity index (χ1n) is 8.25. The van der Waals surface area contributed by atoms with Crippen molar-refractivity contribution in [1.29, 1.82) is 0 Å². The van der Waals surface area contributed by atoms with Crippen LogP contribution in [0, 0.1) is 10.1 Å².